The first-order valence-corrected chi connectivity index (χ1v) is 7.09. The maximum Gasteiger partial charge on any atom is 0.163 e. The third-order valence-corrected chi connectivity index (χ3v) is 4.22. The summed E-state index contributed by atoms with van der Waals surface area (Å²) in [4.78, 5) is 15.6. The highest BCUT2D eigenvalue weighted by Crippen LogP contribution is 2.31. The molecule has 108 valence electrons. The second kappa shape index (κ2) is 4.54. The first-order valence-electron chi connectivity index (χ1n) is 7.09. The summed E-state index contributed by atoms with van der Waals surface area (Å²) in [6.45, 7) is 1.92. The maximum atomic E-state index is 4.48. The molecule has 1 unspecified atom stereocenters. The van der Waals surface area contributed by atoms with E-state index in [4.69, 9.17) is 0 Å². The van der Waals surface area contributed by atoms with Crippen molar-refractivity contribution < 1.29 is 0 Å². The van der Waals surface area contributed by atoms with Gasteiger partial charge in [0.2, 0.25) is 0 Å². The summed E-state index contributed by atoms with van der Waals surface area (Å²) < 4.78 is 3.89. The summed E-state index contributed by atoms with van der Waals surface area (Å²) in [6.07, 6.45) is 8.42. The average Bonchev–Trinajstić information content (AvgIpc) is 3.19. The van der Waals surface area contributed by atoms with Gasteiger partial charge in [0.1, 0.15) is 18.0 Å². The molecule has 0 spiro atoms. The summed E-state index contributed by atoms with van der Waals surface area (Å²) >= 11 is 0. The van der Waals surface area contributed by atoms with Crippen LogP contribution in [-0.2, 0) is 14.1 Å². The number of anilines is 1. The van der Waals surface area contributed by atoms with Crippen molar-refractivity contribution in [3.05, 3.63) is 30.7 Å². The zero-order valence-electron chi connectivity index (χ0n) is 12.1. The van der Waals surface area contributed by atoms with E-state index in [0.29, 0.717) is 5.92 Å². The van der Waals surface area contributed by atoms with E-state index in [1.165, 1.54) is 0 Å². The summed E-state index contributed by atoms with van der Waals surface area (Å²) in [5.41, 5.74) is 0.875. The molecule has 1 saturated heterocycles. The second-order valence-corrected chi connectivity index (χ2v) is 5.53. The van der Waals surface area contributed by atoms with Gasteiger partial charge in [0, 0.05) is 45.5 Å². The van der Waals surface area contributed by atoms with Crippen molar-refractivity contribution in [1.82, 2.24) is 29.3 Å². The third kappa shape index (κ3) is 1.88. The number of aryl methyl sites for hydroxylation is 2. The Labute approximate surface area is 122 Å². The Morgan fingerprint density at radius 3 is 2.90 bits per heavy atom. The first-order chi connectivity index (χ1) is 10.2. The van der Waals surface area contributed by atoms with Gasteiger partial charge in [0.15, 0.2) is 5.65 Å². The molecule has 1 atom stereocenters. The molecule has 0 aromatic carbocycles. The molecular weight excluding hydrogens is 266 g/mol. The second-order valence-electron chi connectivity index (χ2n) is 5.53. The first kappa shape index (κ1) is 12.3. The smallest absolute Gasteiger partial charge is 0.163 e. The molecule has 7 heteroatoms. The van der Waals surface area contributed by atoms with Gasteiger partial charge >= 0.3 is 0 Å². The average molecular weight is 283 g/mol. The van der Waals surface area contributed by atoms with E-state index in [1.54, 1.807) is 11.0 Å². The minimum atomic E-state index is 0.451. The number of aromatic nitrogens is 6. The molecule has 4 heterocycles. The van der Waals surface area contributed by atoms with Crippen molar-refractivity contribution in [3.8, 4) is 0 Å². The molecule has 3 aromatic rings. The molecule has 0 bridgehead atoms. The van der Waals surface area contributed by atoms with E-state index in [1.807, 2.05) is 25.6 Å². The highest BCUT2D eigenvalue weighted by atomic mass is 15.3. The van der Waals surface area contributed by atoms with Crippen LogP contribution in [-0.4, -0.2) is 42.4 Å². The van der Waals surface area contributed by atoms with E-state index < -0.39 is 0 Å². The van der Waals surface area contributed by atoms with Crippen LogP contribution in [0.25, 0.3) is 11.0 Å². The van der Waals surface area contributed by atoms with Crippen molar-refractivity contribution in [2.75, 3.05) is 18.0 Å². The molecule has 0 N–H and O–H groups in total. The number of hydrogen-bond acceptors (Lipinski definition) is 5. The predicted molar refractivity (Wildman–Crippen MR) is 79.1 cm³/mol. The molecule has 0 amide bonds. The van der Waals surface area contributed by atoms with Crippen LogP contribution in [0, 0.1) is 0 Å². The van der Waals surface area contributed by atoms with Gasteiger partial charge in [-0.15, -0.1) is 0 Å². The van der Waals surface area contributed by atoms with Crippen molar-refractivity contribution in [2.24, 2.45) is 14.1 Å². The minimum absolute atomic E-state index is 0.451. The lowest BCUT2D eigenvalue weighted by molar-refractivity contribution is 0.665. The zero-order chi connectivity index (χ0) is 14.4. The van der Waals surface area contributed by atoms with Gasteiger partial charge in [-0.1, -0.05) is 0 Å². The van der Waals surface area contributed by atoms with Gasteiger partial charge in [-0.2, -0.15) is 5.10 Å². The van der Waals surface area contributed by atoms with Crippen molar-refractivity contribution >= 4 is 16.9 Å². The lowest BCUT2D eigenvalue weighted by Gasteiger charge is -2.17. The Balaban J connectivity index is 1.67. The molecule has 1 fully saturated rings. The quantitative estimate of drug-likeness (QED) is 0.704. The maximum absolute atomic E-state index is 4.48. The molecule has 7 nitrogen and oxygen atoms in total. The van der Waals surface area contributed by atoms with Crippen molar-refractivity contribution in [1.29, 1.82) is 0 Å². The molecule has 0 aliphatic carbocycles. The fraction of sp³-hybridized carbons (Fsp3) is 0.429. The van der Waals surface area contributed by atoms with Crippen LogP contribution in [0.5, 0.6) is 0 Å². The lowest BCUT2D eigenvalue weighted by Crippen LogP contribution is -2.21. The highest BCUT2D eigenvalue weighted by molar-refractivity contribution is 5.86. The van der Waals surface area contributed by atoms with Crippen molar-refractivity contribution in [3.63, 3.8) is 0 Å². The monoisotopic (exact) mass is 283 g/mol. The van der Waals surface area contributed by atoms with E-state index in [2.05, 4.69) is 36.6 Å². The molecule has 0 radical (unpaired) electrons. The lowest BCUT2D eigenvalue weighted by atomic mass is 10.1. The normalized spacial score (nSPS) is 18.8. The van der Waals surface area contributed by atoms with Gasteiger partial charge < -0.3 is 9.47 Å². The van der Waals surface area contributed by atoms with E-state index in [-0.39, 0.29) is 0 Å². The summed E-state index contributed by atoms with van der Waals surface area (Å²) in [7, 11) is 3.95. The number of fused-ring (bicyclic) bond motifs is 1. The van der Waals surface area contributed by atoms with E-state index in [9.17, 15) is 0 Å². The van der Waals surface area contributed by atoms with Gasteiger partial charge in [0.25, 0.3) is 0 Å². The fourth-order valence-electron chi connectivity index (χ4n) is 3.14. The molecular formula is C14H17N7. The Morgan fingerprint density at radius 2 is 2.10 bits per heavy atom. The molecule has 3 aromatic heterocycles. The Kier molecular flexibility index (Phi) is 2.66. The number of rotatable bonds is 2. The molecule has 1 aliphatic rings. The van der Waals surface area contributed by atoms with Crippen LogP contribution < -0.4 is 4.90 Å². The summed E-state index contributed by atoms with van der Waals surface area (Å²) in [5.74, 6) is 2.57. The fourth-order valence-corrected chi connectivity index (χ4v) is 3.14. The van der Waals surface area contributed by atoms with Gasteiger partial charge in [-0.05, 0) is 6.42 Å². The molecule has 1 aliphatic heterocycles. The summed E-state index contributed by atoms with van der Waals surface area (Å²) in [6, 6.07) is 0. The number of hydrogen-bond donors (Lipinski definition) is 0. The number of nitrogens with zero attached hydrogens (tertiary/aromatic N) is 7. The predicted octanol–water partition coefficient (Wildman–Crippen LogP) is 1.09. The Hall–Kier alpha value is -2.44. The van der Waals surface area contributed by atoms with Crippen LogP contribution in [0.4, 0.5) is 5.82 Å². The minimum Gasteiger partial charge on any atom is -0.355 e. The third-order valence-electron chi connectivity index (χ3n) is 4.22. The number of imidazole rings is 1. The SMILES string of the molecule is Cn1ccnc1C1CCN(c2ncnc3c2cnn3C)C1. The Bertz CT molecular complexity index is 788. The summed E-state index contributed by atoms with van der Waals surface area (Å²) in [5, 5.41) is 5.30. The standard InChI is InChI=1S/C14H17N7/c1-19-6-4-15-12(19)10-3-5-21(8-10)14-11-7-18-20(2)13(11)16-9-17-14/h4,6-7,9-10H,3,5,8H2,1-2H3. The molecule has 0 saturated carbocycles. The van der Waals surface area contributed by atoms with Gasteiger partial charge in [0.05, 0.1) is 11.6 Å². The van der Waals surface area contributed by atoms with Gasteiger partial charge in [-0.3, -0.25) is 4.68 Å². The van der Waals surface area contributed by atoms with Crippen LogP contribution in [0.15, 0.2) is 24.9 Å². The van der Waals surface area contributed by atoms with Crippen LogP contribution >= 0.6 is 0 Å². The Morgan fingerprint density at radius 1 is 1.19 bits per heavy atom. The largest absolute Gasteiger partial charge is 0.355 e. The van der Waals surface area contributed by atoms with Crippen LogP contribution in [0.3, 0.4) is 0 Å². The molecule has 21 heavy (non-hydrogen) atoms. The van der Waals surface area contributed by atoms with E-state index >= 15 is 0 Å². The van der Waals surface area contributed by atoms with Gasteiger partial charge in [-0.25, -0.2) is 15.0 Å². The zero-order valence-corrected chi connectivity index (χ0v) is 12.1. The van der Waals surface area contributed by atoms with Crippen LogP contribution in [0.2, 0.25) is 0 Å². The van der Waals surface area contributed by atoms with Crippen molar-refractivity contribution in [2.45, 2.75) is 12.3 Å². The highest BCUT2D eigenvalue weighted by Gasteiger charge is 2.28. The van der Waals surface area contributed by atoms with Crippen LogP contribution in [0.1, 0.15) is 18.2 Å². The van der Waals surface area contributed by atoms with E-state index in [0.717, 1.165) is 42.2 Å². The topological polar surface area (TPSA) is 64.7 Å². The molecule has 4 rings (SSSR count).